The third-order valence-corrected chi connectivity index (χ3v) is 1.70. The van der Waals surface area contributed by atoms with Crippen molar-refractivity contribution in [3.8, 4) is 0 Å². The van der Waals surface area contributed by atoms with Crippen molar-refractivity contribution in [2.24, 2.45) is 0 Å². The Kier molecular flexibility index (Phi) is 3.51. The number of pyridine rings is 1. The van der Waals surface area contributed by atoms with Crippen molar-refractivity contribution < 1.29 is 0 Å². The Morgan fingerprint density at radius 3 is 2.82 bits per heavy atom. The first-order valence-electron chi connectivity index (χ1n) is 3.08. The van der Waals surface area contributed by atoms with E-state index in [0.717, 1.165) is 0 Å². The van der Waals surface area contributed by atoms with Crippen molar-refractivity contribution in [3.05, 3.63) is 23.4 Å². The van der Waals surface area contributed by atoms with Crippen molar-refractivity contribution >= 4 is 35.9 Å². The second kappa shape index (κ2) is 4.21. The molecule has 0 aliphatic rings. The number of hydrogen-bond acceptors (Lipinski definition) is 2. The second-order valence-electron chi connectivity index (χ2n) is 2.00. The van der Waals surface area contributed by atoms with Crippen molar-refractivity contribution in [3.63, 3.8) is 0 Å². The highest BCUT2D eigenvalue weighted by atomic mass is 35.5. The first-order chi connectivity index (χ1) is 5.20. The van der Waals surface area contributed by atoms with Gasteiger partial charge in [-0.05, 0) is 12.1 Å². The average Bonchev–Trinajstić information content (AvgIpc) is 1.93. The van der Waals surface area contributed by atoms with Gasteiger partial charge < -0.3 is 5.32 Å². The molecular formula is C6H9ClN2P2. The Labute approximate surface area is 75.5 Å². The normalized spacial score (nSPS) is 10.2. The molecule has 11 heavy (non-hydrogen) atoms. The third kappa shape index (κ3) is 2.91. The van der Waals surface area contributed by atoms with Gasteiger partial charge in [0, 0.05) is 6.20 Å². The van der Waals surface area contributed by atoms with Crippen LogP contribution < -0.4 is 5.32 Å². The summed E-state index contributed by atoms with van der Waals surface area (Å²) in [7, 11) is 5.16. The van der Waals surface area contributed by atoms with E-state index in [4.69, 9.17) is 11.6 Å². The molecule has 1 rings (SSSR count). The molecule has 0 bridgehead atoms. The average molecular weight is 207 g/mol. The minimum absolute atomic E-state index is 0.197. The van der Waals surface area contributed by atoms with Crippen LogP contribution in [0, 0.1) is 0 Å². The Morgan fingerprint density at radius 1 is 1.55 bits per heavy atom. The van der Waals surface area contributed by atoms with E-state index in [-0.39, 0.29) is 5.52 Å². The minimum Gasteiger partial charge on any atom is -0.360 e. The van der Waals surface area contributed by atoms with Gasteiger partial charge in [0.1, 0.15) is 5.82 Å². The number of hydrogen-bond donors (Lipinski definition) is 1. The Hall–Kier alpha value is 0.1000. The summed E-state index contributed by atoms with van der Waals surface area (Å²) in [6.45, 7) is 0. The molecule has 0 amide bonds. The summed E-state index contributed by atoms with van der Waals surface area (Å²) < 4.78 is 0. The first-order valence-corrected chi connectivity index (χ1v) is 4.79. The van der Waals surface area contributed by atoms with Gasteiger partial charge in [0.05, 0.1) is 10.5 Å². The van der Waals surface area contributed by atoms with Gasteiger partial charge in [0.25, 0.3) is 0 Å². The second-order valence-corrected chi connectivity index (χ2v) is 4.62. The molecule has 2 unspecified atom stereocenters. The Bertz CT molecular complexity index is 242. The largest absolute Gasteiger partial charge is 0.360 e. The smallest absolute Gasteiger partial charge is 0.145 e. The monoisotopic (exact) mass is 206 g/mol. The lowest BCUT2D eigenvalue weighted by Gasteiger charge is -2.08. The zero-order valence-electron chi connectivity index (χ0n) is 5.79. The van der Waals surface area contributed by atoms with E-state index in [1.54, 1.807) is 18.3 Å². The van der Waals surface area contributed by atoms with Gasteiger partial charge in [-0.2, -0.15) is 0 Å². The zero-order chi connectivity index (χ0) is 8.27. The molecule has 2 atom stereocenters. The van der Waals surface area contributed by atoms with Crippen LogP contribution in [0.5, 0.6) is 0 Å². The topological polar surface area (TPSA) is 24.9 Å². The van der Waals surface area contributed by atoms with E-state index in [9.17, 15) is 0 Å². The molecule has 0 spiro atoms. The lowest BCUT2D eigenvalue weighted by atomic mass is 10.5. The molecule has 1 N–H and O–H groups in total. The summed E-state index contributed by atoms with van der Waals surface area (Å²) in [6.07, 6.45) is 1.70. The van der Waals surface area contributed by atoms with E-state index in [1.807, 2.05) is 0 Å². The molecule has 1 heterocycles. The van der Waals surface area contributed by atoms with Gasteiger partial charge in [0.2, 0.25) is 0 Å². The van der Waals surface area contributed by atoms with Crippen LogP contribution in [-0.2, 0) is 0 Å². The molecule has 0 radical (unpaired) electrons. The quantitative estimate of drug-likeness (QED) is 0.751. The fourth-order valence-corrected chi connectivity index (χ4v) is 1.14. The van der Waals surface area contributed by atoms with E-state index < -0.39 is 0 Å². The van der Waals surface area contributed by atoms with E-state index in [1.165, 1.54) is 0 Å². The van der Waals surface area contributed by atoms with Gasteiger partial charge in [-0.25, -0.2) is 4.98 Å². The number of rotatable bonds is 2. The highest BCUT2D eigenvalue weighted by molar-refractivity contribution is 7.38. The molecule has 0 aromatic carbocycles. The molecular weight excluding hydrogens is 197 g/mol. The standard InChI is InChI=1S/C6H9ClN2P2/c7-4-2-1-3-8-5(4)9-6(10)11/h1-3,6H,10-11H2,(H,8,9). The van der Waals surface area contributed by atoms with Crippen molar-refractivity contribution in [1.82, 2.24) is 4.98 Å². The number of aromatic nitrogens is 1. The summed E-state index contributed by atoms with van der Waals surface area (Å²) in [5.41, 5.74) is 0.197. The molecule has 0 aliphatic carbocycles. The van der Waals surface area contributed by atoms with Gasteiger partial charge in [-0.3, -0.25) is 0 Å². The Morgan fingerprint density at radius 2 is 2.27 bits per heavy atom. The van der Waals surface area contributed by atoms with Crippen LogP contribution in [0.1, 0.15) is 0 Å². The summed E-state index contributed by atoms with van der Waals surface area (Å²) >= 11 is 5.82. The number of nitrogens with one attached hydrogen (secondary N) is 1. The summed E-state index contributed by atoms with van der Waals surface area (Å²) in [4.78, 5) is 4.05. The maximum atomic E-state index is 5.82. The van der Waals surface area contributed by atoms with Crippen LogP contribution in [-0.4, -0.2) is 10.5 Å². The van der Waals surface area contributed by atoms with Crippen LogP contribution in [0.3, 0.4) is 0 Å². The number of halogens is 1. The maximum absolute atomic E-state index is 5.82. The van der Waals surface area contributed by atoms with Crippen molar-refractivity contribution in [2.45, 2.75) is 5.52 Å². The molecule has 0 fully saturated rings. The molecule has 60 valence electrons. The number of anilines is 1. The van der Waals surface area contributed by atoms with Crippen LogP contribution in [0.15, 0.2) is 18.3 Å². The van der Waals surface area contributed by atoms with Crippen molar-refractivity contribution in [1.29, 1.82) is 0 Å². The highest BCUT2D eigenvalue weighted by Gasteiger charge is 2.00. The maximum Gasteiger partial charge on any atom is 0.145 e. The summed E-state index contributed by atoms with van der Waals surface area (Å²) in [5.74, 6) is 0.712. The van der Waals surface area contributed by atoms with E-state index in [2.05, 4.69) is 28.8 Å². The predicted molar refractivity (Wildman–Crippen MR) is 56.1 cm³/mol. The van der Waals surface area contributed by atoms with Crippen molar-refractivity contribution in [2.75, 3.05) is 5.32 Å². The minimum atomic E-state index is 0.197. The zero-order valence-corrected chi connectivity index (χ0v) is 8.85. The molecule has 2 nitrogen and oxygen atoms in total. The van der Waals surface area contributed by atoms with Crippen LogP contribution in [0.25, 0.3) is 0 Å². The molecule has 0 saturated carbocycles. The van der Waals surface area contributed by atoms with Gasteiger partial charge in [-0.1, -0.05) is 11.6 Å². The summed E-state index contributed by atoms with van der Waals surface area (Å²) in [5, 5.41) is 3.70. The lowest BCUT2D eigenvalue weighted by molar-refractivity contribution is 1.25. The first kappa shape index (κ1) is 9.19. The lowest BCUT2D eigenvalue weighted by Crippen LogP contribution is -2.04. The van der Waals surface area contributed by atoms with Crippen LogP contribution in [0.2, 0.25) is 5.02 Å². The molecule has 5 heteroatoms. The highest BCUT2D eigenvalue weighted by Crippen LogP contribution is 2.21. The van der Waals surface area contributed by atoms with E-state index in [0.29, 0.717) is 10.8 Å². The fourth-order valence-electron chi connectivity index (χ4n) is 0.650. The predicted octanol–water partition coefficient (Wildman–Crippen LogP) is 2.18. The molecule has 1 aromatic heterocycles. The fraction of sp³-hybridized carbons (Fsp3) is 0.167. The van der Waals surface area contributed by atoms with Crippen LogP contribution in [0.4, 0.5) is 5.82 Å². The molecule has 0 aliphatic heterocycles. The SMILES string of the molecule is PC(P)Nc1ncccc1Cl. The van der Waals surface area contributed by atoms with Crippen LogP contribution >= 0.6 is 30.1 Å². The molecule has 0 saturated heterocycles. The van der Waals surface area contributed by atoms with E-state index >= 15 is 0 Å². The number of nitrogens with zero attached hydrogens (tertiary/aromatic N) is 1. The summed E-state index contributed by atoms with van der Waals surface area (Å²) in [6, 6.07) is 3.60. The van der Waals surface area contributed by atoms with Gasteiger partial charge >= 0.3 is 0 Å². The van der Waals surface area contributed by atoms with Gasteiger partial charge in [-0.15, -0.1) is 18.5 Å². The van der Waals surface area contributed by atoms with Gasteiger partial charge in [0.15, 0.2) is 0 Å². The third-order valence-electron chi connectivity index (χ3n) is 1.06. The Balaban J connectivity index is 2.78. The molecule has 1 aromatic rings.